The van der Waals surface area contributed by atoms with Gasteiger partial charge in [0.05, 0.1) is 0 Å². The molecule has 0 aromatic carbocycles. The van der Waals surface area contributed by atoms with Crippen LogP contribution in [0.25, 0.3) is 0 Å². The number of aromatic nitrogens is 1. The van der Waals surface area contributed by atoms with Gasteiger partial charge >= 0.3 is 0 Å². The van der Waals surface area contributed by atoms with Gasteiger partial charge in [-0.25, -0.2) is 4.98 Å². The van der Waals surface area contributed by atoms with Crippen molar-refractivity contribution in [1.82, 2.24) is 15.2 Å². The third-order valence-corrected chi connectivity index (χ3v) is 3.70. The summed E-state index contributed by atoms with van der Waals surface area (Å²) in [6, 6.07) is 4.92. The van der Waals surface area contributed by atoms with E-state index < -0.39 is 0 Å². The van der Waals surface area contributed by atoms with E-state index in [1.165, 1.54) is 5.56 Å². The lowest BCUT2D eigenvalue weighted by Gasteiger charge is -2.33. The van der Waals surface area contributed by atoms with Gasteiger partial charge in [-0.1, -0.05) is 6.07 Å². The van der Waals surface area contributed by atoms with Crippen LogP contribution in [-0.4, -0.2) is 49.2 Å². The topological polar surface area (TPSA) is 31.4 Å². The van der Waals surface area contributed by atoms with Crippen molar-refractivity contribution in [3.63, 3.8) is 0 Å². The van der Waals surface area contributed by atoms with E-state index in [2.05, 4.69) is 53.1 Å². The molecular weight excluding hydrogens is 260 g/mol. The van der Waals surface area contributed by atoms with Crippen molar-refractivity contribution < 1.29 is 0 Å². The Morgan fingerprint density at radius 1 is 1.47 bits per heavy atom. The van der Waals surface area contributed by atoms with Crippen LogP contribution in [0.15, 0.2) is 18.3 Å². The molecular formula is C14H25ClN4. The van der Waals surface area contributed by atoms with Crippen molar-refractivity contribution in [2.45, 2.75) is 26.4 Å². The summed E-state index contributed by atoms with van der Waals surface area (Å²) in [7, 11) is 2.07. The Labute approximate surface area is 122 Å². The lowest BCUT2D eigenvalue weighted by Crippen LogP contribution is -2.49. The molecule has 0 bridgehead atoms. The number of nitrogens with one attached hydrogen (secondary N) is 1. The Hall–Kier alpha value is -0.840. The van der Waals surface area contributed by atoms with Crippen molar-refractivity contribution in [2.75, 3.05) is 38.1 Å². The zero-order valence-corrected chi connectivity index (χ0v) is 12.9. The van der Waals surface area contributed by atoms with Crippen molar-refractivity contribution in [1.29, 1.82) is 0 Å². The lowest BCUT2D eigenvalue weighted by molar-refractivity contribution is 0.165. The van der Waals surface area contributed by atoms with Crippen molar-refractivity contribution in [3.8, 4) is 0 Å². The van der Waals surface area contributed by atoms with E-state index in [0.29, 0.717) is 6.04 Å². The molecule has 5 heteroatoms. The second kappa shape index (κ2) is 7.68. The molecule has 0 amide bonds. The van der Waals surface area contributed by atoms with Gasteiger partial charge in [-0.15, -0.1) is 12.4 Å². The fourth-order valence-corrected chi connectivity index (χ4v) is 2.25. The van der Waals surface area contributed by atoms with E-state index in [9.17, 15) is 0 Å². The molecule has 1 saturated heterocycles. The maximum atomic E-state index is 4.52. The molecule has 4 nitrogen and oxygen atoms in total. The van der Waals surface area contributed by atoms with Gasteiger partial charge in [0.15, 0.2) is 0 Å². The zero-order chi connectivity index (χ0) is 13.0. The molecule has 0 spiro atoms. The van der Waals surface area contributed by atoms with E-state index in [1.54, 1.807) is 0 Å². The predicted molar refractivity (Wildman–Crippen MR) is 83.2 cm³/mol. The highest BCUT2D eigenvalue weighted by molar-refractivity contribution is 5.85. The molecule has 0 aliphatic carbocycles. The minimum Gasteiger partial charge on any atom is -0.360 e. The van der Waals surface area contributed by atoms with E-state index in [1.807, 2.05) is 6.20 Å². The summed E-state index contributed by atoms with van der Waals surface area (Å²) in [5.41, 5.74) is 1.30. The van der Waals surface area contributed by atoms with Crippen LogP contribution in [0.2, 0.25) is 0 Å². The van der Waals surface area contributed by atoms with Crippen LogP contribution < -0.4 is 10.2 Å². The summed E-state index contributed by atoms with van der Waals surface area (Å²) in [5, 5.41) is 3.42. The van der Waals surface area contributed by atoms with Gasteiger partial charge in [0.1, 0.15) is 5.82 Å². The summed E-state index contributed by atoms with van der Waals surface area (Å²) in [4.78, 5) is 9.18. The Morgan fingerprint density at radius 2 is 2.26 bits per heavy atom. The number of hydrogen-bond acceptors (Lipinski definition) is 4. The van der Waals surface area contributed by atoms with Crippen LogP contribution in [0.4, 0.5) is 5.82 Å². The van der Waals surface area contributed by atoms with Crippen LogP contribution in [0, 0.1) is 0 Å². The average Bonchev–Trinajstić information content (AvgIpc) is 2.41. The van der Waals surface area contributed by atoms with Crippen LogP contribution in [0.1, 0.15) is 19.4 Å². The second-order valence-electron chi connectivity index (χ2n) is 5.06. The van der Waals surface area contributed by atoms with Gasteiger partial charge < -0.3 is 10.2 Å². The zero-order valence-electron chi connectivity index (χ0n) is 12.1. The van der Waals surface area contributed by atoms with Gasteiger partial charge in [-0.05, 0) is 25.5 Å². The number of hydrogen-bond donors (Lipinski definition) is 1. The number of piperazine rings is 1. The molecule has 2 heterocycles. The largest absolute Gasteiger partial charge is 0.360 e. The van der Waals surface area contributed by atoms with Crippen molar-refractivity contribution >= 4 is 18.2 Å². The van der Waals surface area contributed by atoms with Crippen LogP contribution in [-0.2, 0) is 6.54 Å². The van der Waals surface area contributed by atoms with Crippen LogP contribution in [0.5, 0.6) is 0 Å². The average molecular weight is 285 g/mol. The number of nitrogens with zero attached hydrogens (tertiary/aromatic N) is 3. The highest BCUT2D eigenvalue weighted by Gasteiger charge is 2.17. The summed E-state index contributed by atoms with van der Waals surface area (Å²) < 4.78 is 0. The molecule has 2 rings (SSSR count). The summed E-state index contributed by atoms with van der Waals surface area (Å²) in [5.74, 6) is 1.05. The minimum atomic E-state index is 0. The molecule has 0 saturated carbocycles. The number of rotatable bonds is 4. The Kier molecular flexibility index (Phi) is 6.55. The molecule has 1 aromatic heterocycles. The third-order valence-electron chi connectivity index (χ3n) is 3.70. The first-order valence-electron chi connectivity index (χ1n) is 6.81. The first-order valence-corrected chi connectivity index (χ1v) is 6.81. The number of halogens is 1. The molecule has 1 N–H and O–H groups in total. The van der Waals surface area contributed by atoms with Crippen molar-refractivity contribution in [2.24, 2.45) is 0 Å². The maximum Gasteiger partial charge on any atom is 0.128 e. The molecule has 1 fully saturated rings. The Bertz CT molecular complexity index is 368. The maximum absolute atomic E-state index is 4.52. The first-order chi connectivity index (χ1) is 8.70. The second-order valence-corrected chi connectivity index (χ2v) is 5.06. The van der Waals surface area contributed by atoms with Crippen molar-refractivity contribution in [3.05, 3.63) is 23.9 Å². The highest BCUT2D eigenvalue weighted by atomic mass is 35.5. The Morgan fingerprint density at radius 3 is 2.84 bits per heavy atom. The molecule has 1 unspecified atom stereocenters. The molecule has 19 heavy (non-hydrogen) atoms. The molecule has 1 aliphatic rings. The smallest absolute Gasteiger partial charge is 0.128 e. The normalized spacial score (nSPS) is 19.8. The lowest BCUT2D eigenvalue weighted by atomic mass is 10.2. The minimum absolute atomic E-state index is 0. The highest BCUT2D eigenvalue weighted by Crippen LogP contribution is 2.13. The van der Waals surface area contributed by atoms with Gasteiger partial charge in [0.2, 0.25) is 0 Å². The van der Waals surface area contributed by atoms with Gasteiger partial charge in [0.25, 0.3) is 0 Å². The predicted octanol–water partition coefficient (Wildman–Crippen LogP) is 1.75. The molecule has 108 valence electrons. The number of anilines is 1. The summed E-state index contributed by atoms with van der Waals surface area (Å²) in [6.07, 6.45) is 2.01. The van der Waals surface area contributed by atoms with E-state index in [0.717, 1.165) is 38.5 Å². The molecule has 1 aromatic rings. The first kappa shape index (κ1) is 16.2. The monoisotopic (exact) mass is 284 g/mol. The molecule has 1 atom stereocenters. The van der Waals surface area contributed by atoms with E-state index in [-0.39, 0.29) is 12.4 Å². The van der Waals surface area contributed by atoms with Crippen LogP contribution >= 0.6 is 12.4 Å². The summed E-state index contributed by atoms with van der Waals surface area (Å²) in [6.45, 7) is 9.71. The van der Waals surface area contributed by atoms with Gasteiger partial charge in [-0.3, -0.25) is 4.90 Å². The van der Waals surface area contributed by atoms with E-state index >= 15 is 0 Å². The molecule has 1 aliphatic heterocycles. The fourth-order valence-electron chi connectivity index (χ4n) is 2.25. The fraction of sp³-hybridized carbons (Fsp3) is 0.643. The van der Waals surface area contributed by atoms with Gasteiger partial charge in [-0.2, -0.15) is 0 Å². The van der Waals surface area contributed by atoms with Crippen LogP contribution in [0.3, 0.4) is 0 Å². The van der Waals surface area contributed by atoms with Gasteiger partial charge in [0, 0.05) is 52.0 Å². The van der Waals surface area contributed by atoms with E-state index in [4.69, 9.17) is 0 Å². The third kappa shape index (κ3) is 4.34. The SMILES string of the molecule is CCN(C)c1ccc(CN2CCNCC2C)cn1.Cl. The quantitative estimate of drug-likeness (QED) is 0.913. The standard InChI is InChI=1S/C14H24N4.ClH/c1-4-17(3)14-6-5-13(10-16-14)11-18-8-7-15-9-12(18)2;/h5-6,10,12,15H,4,7-9,11H2,1-3H3;1H. The number of pyridine rings is 1. The Balaban J connectivity index is 0.00000180. The molecule has 0 radical (unpaired) electrons. The summed E-state index contributed by atoms with van der Waals surface area (Å²) >= 11 is 0.